The molecule has 0 unspecified atom stereocenters. The number of alkyl halides is 2. The fourth-order valence-corrected chi connectivity index (χ4v) is 5.55. The summed E-state index contributed by atoms with van der Waals surface area (Å²) in [4.78, 5) is 26.6. The van der Waals surface area contributed by atoms with Crippen LogP contribution in [0.15, 0.2) is 46.9 Å². The number of hydrogen-bond acceptors (Lipinski definition) is 6. The Morgan fingerprint density at radius 3 is 2.38 bits per heavy atom. The molecule has 2 aliphatic rings. The number of fused-ring (bicyclic) bond motifs is 1. The summed E-state index contributed by atoms with van der Waals surface area (Å²) in [6.45, 7) is 0. The summed E-state index contributed by atoms with van der Waals surface area (Å²) in [5.74, 6) is -2.42. The largest absolute Gasteiger partial charge is 0.496 e. The fraction of sp³-hybridized carbons (Fsp3) is 0.433. The average molecular weight is 568 g/mol. The van der Waals surface area contributed by atoms with E-state index < -0.39 is 41.7 Å². The molecule has 2 N–H and O–H groups in total. The first-order chi connectivity index (χ1) is 19.1. The molecule has 0 atom stereocenters. The maximum absolute atomic E-state index is 14.0. The van der Waals surface area contributed by atoms with Crippen molar-refractivity contribution in [3.05, 3.63) is 53.8 Å². The predicted molar refractivity (Wildman–Crippen MR) is 150 cm³/mol. The lowest BCUT2D eigenvalue weighted by molar-refractivity contribution is -0.133. The maximum atomic E-state index is 14.0. The first kappa shape index (κ1) is 28.0. The van der Waals surface area contributed by atoms with Gasteiger partial charge in [-0.3, -0.25) is 9.59 Å². The number of benzene rings is 2. The quantitative estimate of drug-likeness (QED) is 0.336. The van der Waals surface area contributed by atoms with E-state index in [-0.39, 0.29) is 18.6 Å². The minimum atomic E-state index is -2.91. The van der Waals surface area contributed by atoms with Crippen LogP contribution < -0.4 is 15.4 Å². The first-order valence-corrected chi connectivity index (χ1v) is 14.6. The molecule has 5 rings (SSSR count). The van der Waals surface area contributed by atoms with Gasteiger partial charge in [0.05, 0.1) is 13.2 Å². The van der Waals surface area contributed by atoms with Crippen molar-refractivity contribution in [2.45, 2.75) is 61.9 Å². The summed E-state index contributed by atoms with van der Waals surface area (Å²) in [5, 5.41) is 15.5. The zero-order valence-electron chi connectivity index (χ0n) is 22.4. The molecule has 0 aliphatic heterocycles. The third-order valence-electron chi connectivity index (χ3n) is 7.88. The molecule has 1 heterocycles. The highest BCUT2D eigenvalue weighted by atomic mass is 32.2. The number of nitriles is 1. The summed E-state index contributed by atoms with van der Waals surface area (Å²) < 4.78 is 39.5. The van der Waals surface area contributed by atoms with Gasteiger partial charge in [-0.15, -0.1) is 0 Å². The number of nitrogens with zero attached hydrogens (tertiary/aromatic N) is 1. The van der Waals surface area contributed by atoms with E-state index in [1.165, 1.54) is 0 Å². The van der Waals surface area contributed by atoms with E-state index in [1.54, 1.807) is 24.9 Å². The van der Waals surface area contributed by atoms with Crippen LogP contribution in [0, 0.1) is 11.3 Å². The normalized spacial score (nSPS) is 18.5. The first-order valence-electron chi connectivity index (χ1n) is 13.3. The number of amides is 2. The van der Waals surface area contributed by atoms with E-state index in [2.05, 4.69) is 23.0 Å². The summed E-state index contributed by atoms with van der Waals surface area (Å²) >= 11 is 1.77. The van der Waals surface area contributed by atoms with Crippen molar-refractivity contribution in [1.82, 2.24) is 10.6 Å². The Labute approximate surface area is 235 Å². The van der Waals surface area contributed by atoms with Gasteiger partial charge in [0.15, 0.2) is 5.76 Å². The van der Waals surface area contributed by atoms with Crippen LogP contribution >= 0.6 is 11.8 Å². The number of rotatable bonds is 9. The molecule has 0 bridgehead atoms. The van der Waals surface area contributed by atoms with Gasteiger partial charge in [-0.05, 0) is 79.0 Å². The van der Waals surface area contributed by atoms with Gasteiger partial charge in [-0.1, -0.05) is 24.3 Å². The second kappa shape index (κ2) is 10.8. The predicted octanol–water partition coefficient (Wildman–Crippen LogP) is 5.86. The maximum Gasteiger partial charge on any atom is 0.287 e. The molecule has 0 spiro atoms. The third-order valence-corrected chi connectivity index (χ3v) is 8.49. The standard InChI is InChI=1S/C30H31F2N3O4S/c1-38-23-15-20(4-3-19(23)7-14-40-2)21-5-6-22-17-25(39-24(22)16-21)26(36)34-29(10-12-30(31,32)13-11-29)27(37)35-28(18-33)8-9-28/h3-6,15-17H,7-14H2,1-2H3,(H,34,36)(H,35,37). The highest BCUT2D eigenvalue weighted by molar-refractivity contribution is 7.98. The number of hydrogen-bond donors (Lipinski definition) is 2. The smallest absolute Gasteiger partial charge is 0.287 e. The second-order valence-electron chi connectivity index (χ2n) is 10.7. The minimum Gasteiger partial charge on any atom is -0.496 e. The lowest BCUT2D eigenvalue weighted by Crippen LogP contribution is -2.62. The van der Waals surface area contributed by atoms with Crippen LogP contribution in [0.2, 0.25) is 0 Å². The van der Waals surface area contributed by atoms with Crippen molar-refractivity contribution in [3.63, 3.8) is 0 Å². The monoisotopic (exact) mass is 567 g/mol. The molecule has 210 valence electrons. The number of furan rings is 1. The van der Waals surface area contributed by atoms with Crippen LogP contribution in [0.1, 0.15) is 54.6 Å². The molecule has 1 aromatic heterocycles. The number of nitrogens with one attached hydrogen (secondary N) is 2. The molecular weight excluding hydrogens is 536 g/mol. The average Bonchev–Trinajstić information content (AvgIpc) is 3.59. The molecule has 2 aliphatic carbocycles. The van der Waals surface area contributed by atoms with Gasteiger partial charge in [0.25, 0.3) is 5.91 Å². The molecule has 10 heteroatoms. The summed E-state index contributed by atoms with van der Waals surface area (Å²) in [6.07, 6.45) is 2.40. The summed E-state index contributed by atoms with van der Waals surface area (Å²) in [7, 11) is 1.65. The number of halogens is 2. The van der Waals surface area contributed by atoms with Crippen molar-refractivity contribution in [3.8, 4) is 22.9 Å². The van der Waals surface area contributed by atoms with Crippen molar-refractivity contribution < 1.29 is 27.5 Å². The van der Waals surface area contributed by atoms with Crippen molar-refractivity contribution >= 4 is 34.5 Å². The lowest BCUT2D eigenvalue weighted by Gasteiger charge is -2.39. The number of carbonyl (C=O) groups excluding carboxylic acids is 2. The van der Waals surface area contributed by atoms with Crippen LogP contribution in [0.25, 0.3) is 22.1 Å². The van der Waals surface area contributed by atoms with Crippen LogP contribution in [-0.2, 0) is 11.2 Å². The van der Waals surface area contributed by atoms with Gasteiger partial charge in [-0.25, -0.2) is 8.78 Å². The molecule has 0 radical (unpaired) electrons. The molecule has 2 aromatic carbocycles. The van der Waals surface area contributed by atoms with Crippen molar-refractivity contribution in [2.75, 3.05) is 19.1 Å². The zero-order valence-corrected chi connectivity index (χ0v) is 23.3. The Balaban J connectivity index is 1.38. The number of aryl methyl sites for hydroxylation is 1. The van der Waals surface area contributed by atoms with Crippen LogP contribution in [-0.4, -0.2) is 47.9 Å². The van der Waals surface area contributed by atoms with Crippen LogP contribution in [0.3, 0.4) is 0 Å². The Kier molecular flexibility index (Phi) is 7.53. The van der Waals surface area contributed by atoms with Crippen LogP contribution in [0.4, 0.5) is 8.78 Å². The zero-order chi connectivity index (χ0) is 28.5. The molecule has 7 nitrogen and oxygen atoms in total. The van der Waals surface area contributed by atoms with E-state index in [9.17, 15) is 23.6 Å². The molecule has 40 heavy (non-hydrogen) atoms. The number of methoxy groups -OCH3 is 1. The van der Waals surface area contributed by atoms with Gasteiger partial charge in [0.2, 0.25) is 11.8 Å². The minimum absolute atomic E-state index is 0.0249. The van der Waals surface area contributed by atoms with Crippen molar-refractivity contribution in [2.24, 2.45) is 0 Å². The Bertz CT molecular complexity index is 1480. The highest BCUT2D eigenvalue weighted by Crippen LogP contribution is 2.41. The van der Waals surface area contributed by atoms with Crippen LogP contribution in [0.5, 0.6) is 5.75 Å². The third kappa shape index (κ3) is 5.66. The number of carbonyl (C=O) groups is 2. The van der Waals surface area contributed by atoms with Gasteiger partial charge in [0, 0.05) is 18.2 Å². The molecule has 2 fully saturated rings. The molecule has 2 amide bonds. The van der Waals surface area contributed by atoms with Gasteiger partial charge in [-0.2, -0.15) is 17.0 Å². The van der Waals surface area contributed by atoms with Gasteiger partial charge >= 0.3 is 0 Å². The van der Waals surface area contributed by atoms with E-state index in [0.29, 0.717) is 23.8 Å². The van der Waals surface area contributed by atoms with E-state index >= 15 is 0 Å². The van der Waals surface area contributed by atoms with Gasteiger partial charge in [0.1, 0.15) is 22.4 Å². The summed E-state index contributed by atoms with van der Waals surface area (Å²) in [6, 6.07) is 15.3. The second-order valence-corrected chi connectivity index (χ2v) is 11.7. The Morgan fingerprint density at radius 1 is 1.02 bits per heavy atom. The summed E-state index contributed by atoms with van der Waals surface area (Å²) in [5.41, 5.74) is 0.867. The molecule has 2 saturated carbocycles. The fourth-order valence-electron chi connectivity index (χ4n) is 5.12. The number of thioether (sulfide) groups is 1. The van der Waals surface area contributed by atoms with Gasteiger partial charge < -0.3 is 19.8 Å². The lowest BCUT2D eigenvalue weighted by atomic mass is 9.78. The molecule has 0 saturated heterocycles. The number of ether oxygens (including phenoxy) is 1. The van der Waals surface area contributed by atoms with E-state index in [0.717, 1.165) is 34.6 Å². The molecule has 3 aromatic rings. The molecular formula is C30H31F2N3O4S. The van der Waals surface area contributed by atoms with E-state index in [4.69, 9.17) is 9.15 Å². The Hall–Kier alpha value is -3.58. The Morgan fingerprint density at radius 2 is 1.73 bits per heavy atom. The topological polar surface area (TPSA) is 104 Å². The van der Waals surface area contributed by atoms with Crippen molar-refractivity contribution in [1.29, 1.82) is 5.26 Å². The SMILES string of the molecule is COc1cc(-c2ccc3cc(C(=O)NC4(C(=O)NC5(C#N)CC5)CCC(F)(F)CC4)oc3c2)ccc1CCSC. The highest BCUT2D eigenvalue weighted by Gasteiger charge is 2.53. The van der Waals surface area contributed by atoms with E-state index in [1.807, 2.05) is 36.4 Å².